The molecule has 0 bridgehead atoms. The van der Waals surface area contributed by atoms with E-state index < -0.39 is 0 Å². The summed E-state index contributed by atoms with van der Waals surface area (Å²) < 4.78 is 6.97. The van der Waals surface area contributed by atoms with Crippen molar-refractivity contribution >= 4 is 15.9 Å². The maximum absolute atomic E-state index is 5.91. The molecule has 1 atom stereocenters. The van der Waals surface area contributed by atoms with Crippen molar-refractivity contribution in [1.29, 1.82) is 0 Å². The Kier molecular flexibility index (Phi) is 5.83. The van der Waals surface area contributed by atoms with Gasteiger partial charge in [0.05, 0.1) is 0 Å². The molecule has 0 aliphatic carbocycles. The summed E-state index contributed by atoms with van der Waals surface area (Å²) in [7, 11) is 1.96. The SMILES string of the molecule is CCCc1ccc(Oc2ccc(C(C)NC)c(Br)c2)cc1. The molecule has 0 saturated carbocycles. The van der Waals surface area contributed by atoms with Crippen molar-refractivity contribution in [3.05, 3.63) is 58.1 Å². The van der Waals surface area contributed by atoms with Gasteiger partial charge in [-0.3, -0.25) is 0 Å². The van der Waals surface area contributed by atoms with E-state index in [2.05, 4.69) is 53.3 Å². The second-order valence-corrected chi connectivity index (χ2v) is 6.04. The fourth-order valence-corrected chi connectivity index (χ4v) is 2.93. The van der Waals surface area contributed by atoms with Gasteiger partial charge in [-0.05, 0) is 55.8 Å². The molecule has 0 aliphatic rings. The Bertz CT molecular complexity index is 580. The molecule has 21 heavy (non-hydrogen) atoms. The summed E-state index contributed by atoms with van der Waals surface area (Å²) in [6.45, 7) is 4.32. The third kappa shape index (κ3) is 4.32. The van der Waals surface area contributed by atoms with Crippen LogP contribution < -0.4 is 10.1 Å². The first-order valence-electron chi connectivity index (χ1n) is 7.37. The van der Waals surface area contributed by atoms with Gasteiger partial charge in [0.15, 0.2) is 0 Å². The Morgan fingerprint density at radius 1 is 1.10 bits per heavy atom. The molecule has 0 spiro atoms. The largest absolute Gasteiger partial charge is 0.457 e. The lowest BCUT2D eigenvalue weighted by Crippen LogP contribution is -2.12. The van der Waals surface area contributed by atoms with Gasteiger partial charge in [-0.15, -0.1) is 0 Å². The summed E-state index contributed by atoms with van der Waals surface area (Å²) in [4.78, 5) is 0. The van der Waals surface area contributed by atoms with E-state index in [1.807, 2.05) is 31.3 Å². The topological polar surface area (TPSA) is 21.3 Å². The number of hydrogen-bond acceptors (Lipinski definition) is 2. The van der Waals surface area contributed by atoms with Gasteiger partial charge in [-0.1, -0.05) is 47.5 Å². The monoisotopic (exact) mass is 347 g/mol. The van der Waals surface area contributed by atoms with Crippen LogP contribution in [-0.2, 0) is 6.42 Å². The Labute approximate surface area is 135 Å². The van der Waals surface area contributed by atoms with Gasteiger partial charge >= 0.3 is 0 Å². The first kappa shape index (κ1) is 16.1. The molecule has 0 fully saturated rings. The number of aryl methyl sites for hydroxylation is 1. The molecule has 0 radical (unpaired) electrons. The van der Waals surface area contributed by atoms with E-state index in [9.17, 15) is 0 Å². The van der Waals surface area contributed by atoms with Gasteiger partial charge in [0.1, 0.15) is 11.5 Å². The van der Waals surface area contributed by atoms with Crippen LogP contribution in [0.5, 0.6) is 11.5 Å². The van der Waals surface area contributed by atoms with Crippen molar-refractivity contribution in [3.63, 3.8) is 0 Å². The van der Waals surface area contributed by atoms with Crippen LogP contribution in [0.1, 0.15) is 37.4 Å². The molecule has 2 rings (SSSR count). The van der Waals surface area contributed by atoms with Crippen LogP contribution in [0, 0.1) is 0 Å². The van der Waals surface area contributed by atoms with Crippen LogP contribution in [0.25, 0.3) is 0 Å². The van der Waals surface area contributed by atoms with E-state index >= 15 is 0 Å². The first-order chi connectivity index (χ1) is 10.1. The van der Waals surface area contributed by atoms with E-state index in [1.54, 1.807) is 0 Å². The maximum Gasteiger partial charge on any atom is 0.128 e. The smallest absolute Gasteiger partial charge is 0.128 e. The highest BCUT2D eigenvalue weighted by Gasteiger charge is 2.08. The van der Waals surface area contributed by atoms with Crippen molar-refractivity contribution in [2.45, 2.75) is 32.7 Å². The Morgan fingerprint density at radius 2 is 1.76 bits per heavy atom. The van der Waals surface area contributed by atoms with Crippen molar-refractivity contribution in [1.82, 2.24) is 5.32 Å². The Morgan fingerprint density at radius 3 is 2.33 bits per heavy atom. The predicted octanol–water partition coefficient (Wildman–Crippen LogP) is 5.47. The zero-order valence-corrected chi connectivity index (χ0v) is 14.4. The Balaban J connectivity index is 2.11. The second kappa shape index (κ2) is 7.62. The van der Waals surface area contributed by atoms with Crippen molar-refractivity contribution < 1.29 is 4.74 Å². The van der Waals surface area contributed by atoms with Crippen LogP contribution in [0.15, 0.2) is 46.9 Å². The van der Waals surface area contributed by atoms with Crippen LogP contribution in [0.2, 0.25) is 0 Å². The summed E-state index contributed by atoms with van der Waals surface area (Å²) in [6, 6.07) is 14.7. The van der Waals surface area contributed by atoms with Crippen molar-refractivity contribution in [2.24, 2.45) is 0 Å². The van der Waals surface area contributed by atoms with Gasteiger partial charge in [-0.25, -0.2) is 0 Å². The molecule has 0 saturated heterocycles. The van der Waals surface area contributed by atoms with Gasteiger partial charge in [0, 0.05) is 10.5 Å². The molecule has 0 aliphatic heterocycles. The number of nitrogens with one attached hydrogen (secondary N) is 1. The Hall–Kier alpha value is -1.32. The van der Waals surface area contributed by atoms with Gasteiger partial charge in [0.2, 0.25) is 0 Å². The first-order valence-corrected chi connectivity index (χ1v) is 8.16. The summed E-state index contributed by atoms with van der Waals surface area (Å²) in [5.41, 5.74) is 2.58. The number of rotatable bonds is 6. The van der Waals surface area contributed by atoms with Gasteiger partial charge in [0.25, 0.3) is 0 Å². The highest BCUT2D eigenvalue weighted by Crippen LogP contribution is 2.30. The van der Waals surface area contributed by atoms with E-state index in [0.717, 1.165) is 28.8 Å². The number of ether oxygens (including phenoxy) is 1. The lowest BCUT2D eigenvalue weighted by atomic mass is 10.1. The van der Waals surface area contributed by atoms with Crippen LogP contribution in [0.4, 0.5) is 0 Å². The second-order valence-electron chi connectivity index (χ2n) is 5.19. The average molecular weight is 348 g/mol. The van der Waals surface area contributed by atoms with Crippen LogP contribution >= 0.6 is 15.9 Å². The normalized spacial score (nSPS) is 12.2. The number of benzene rings is 2. The maximum atomic E-state index is 5.91. The summed E-state index contributed by atoms with van der Waals surface area (Å²) >= 11 is 3.61. The number of hydrogen-bond donors (Lipinski definition) is 1. The fraction of sp³-hybridized carbons (Fsp3) is 0.333. The molecular weight excluding hydrogens is 326 g/mol. The van der Waals surface area contributed by atoms with E-state index in [1.165, 1.54) is 11.1 Å². The lowest BCUT2D eigenvalue weighted by Gasteiger charge is -2.14. The molecule has 1 N–H and O–H groups in total. The summed E-state index contributed by atoms with van der Waals surface area (Å²) in [6.07, 6.45) is 2.28. The van der Waals surface area contributed by atoms with Gasteiger partial charge in [-0.2, -0.15) is 0 Å². The molecule has 0 aromatic heterocycles. The minimum Gasteiger partial charge on any atom is -0.457 e. The summed E-state index contributed by atoms with van der Waals surface area (Å²) in [5.74, 6) is 1.72. The van der Waals surface area contributed by atoms with E-state index in [0.29, 0.717) is 6.04 Å². The minimum atomic E-state index is 0.307. The zero-order valence-electron chi connectivity index (χ0n) is 12.8. The average Bonchev–Trinajstić information content (AvgIpc) is 2.49. The minimum absolute atomic E-state index is 0.307. The standard InChI is InChI=1S/C18H22BrNO/c1-4-5-14-6-8-15(9-7-14)21-16-10-11-17(13(2)20-3)18(19)12-16/h6-13,20H,4-5H2,1-3H3. The molecule has 3 heteroatoms. The van der Waals surface area contributed by atoms with Crippen molar-refractivity contribution in [2.75, 3.05) is 7.05 Å². The highest BCUT2D eigenvalue weighted by atomic mass is 79.9. The van der Waals surface area contributed by atoms with Crippen LogP contribution in [0.3, 0.4) is 0 Å². The quantitative estimate of drug-likeness (QED) is 0.747. The fourth-order valence-electron chi connectivity index (χ4n) is 2.23. The number of halogens is 1. The van der Waals surface area contributed by atoms with Gasteiger partial charge < -0.3 is 10.1 Å². The van der Waals surface area contributed by atoms with E-state index in [4.69, 9.17) is 4.74 Å². The lowest BCUT2D eigenvalue weighted by molar-refractivity contribution is 0.481. The third-order valence-corrected chi connectivity index (χ3v) is 4.26. The molecule has 1 unspecified atom stereocenters. The third-order valence-electron chi connectivity index (χ3n) is 3.57. The molecule has 2 nitrogen and oxygen atoms in total. The molecule has 2 aromatic carbocycles. The molecular formula is C18H22BrNO. The zero-order chi connectivity index (χ0) is 15.2. The van der Waals surface area contributed by atoms with Crippen LogP contribution in [-0.4, -0.2) is 7.05 Å². The highest BCUT2D eigenvalue weighted by molar-refractivity contribution is 9.10. The molecule has 2 aromatic rings. The van der Waals surface area contributed by atoms with E-state index in [-0.39, 0.29) is 0 Å². The van der Waals surface area contributed by atoms with Crippen molar-refractivity contribution in [3.8, 4) is 11.5 Å². The molecule has 0 heterocycles. The molecule has 112 valence electrons. The predicted molar refractivity (Wildman–Crippen MR) is 92.1 cm³/mol. The summed E-state index contributed by atoms with van der Waals surface area (Å²) in [5, 5.41) is 3.24. The molecule has 0 amide bonds.